The minimum Gasteiger partial charge on any atom is -0.330 e. The molecular weight excluding hydrogens is 190 g/mol. The van der Waals surface area contributed by atoms with E-state index in [2.05, 4.69) is 37.4 Å². The van der Waals surface area contributed by atoms with Gasteiger partial charge in [-0.1, -0.05) is 19.1 Å². The van der Waals surface area contributed by atoms with Crippen LogP contribution >= 0.6 is 11.3 Å². The summed E-state index contributed by atoms with van der Waals surface area (Å²) in [6.45, 7) is 5.08. The van der Waals surface area contributed by atoms with Gasteiger partial charge in [0.2, 0.25) is 0 Å². The van der Waals surface area contributed by atoms with Gasteiger partial charge in [0, 0.05) is 4.70 Å². The lowest BCUT2D eigenvalue weighted by molar-refractivity contribution is 0.783. The molecule has 0 amide bonds. The maximum absolute atomic E-state index is 5.71. The van der Waals surface area contributed by atoms with E-state index in [4.69, 9.17) is 5.73 Å². The molecule has 0 fully saturated rings. The largest absolute Gasteiger partial charge is 0.330 e. The summed E-state index contributed by atoms with van der Waals surface area (Å²) in [5.74, 6) is 0.463. The van der Waals surface area contributed by atoms with Crippen LogP contribution in [0, 0.1) is 6.92 Å². The quantitative estimate of drug-likeness (QED) is 0.800. The van der Waals surface area contributed by atoms with Crippen LogP contribution in [0.2, 0.25) is 0 Å². The van der Waals surface area contributed by atoms with Crippen LogP contribution in [0.3, 0.4) is 0 Å². The molecule has 0 saturated heterocycles. The van der Waals surface area contributed by atoms with Crippen LogP contribution in [0.4, 0.5) is 0 Å². The van der Waals surface area contributed by atoms with Crippen molar-refractivity contribution >= 4 is 21.4 Å². The van der Waals surface area contributed by atoms with Gasteiger partial charge in [0.05, 0.1) is 0 Å². The molecule has 2 rings (SSSR count). The highest BCUT2D eigenvalue weighted by atomic mass is 32.1. The number of nitrogens with two attached hydrogens (primary N) is 1. The smallest absolute Gasteiger partial charge is 0.0348 e. The van der Waals surface area contributed by atoms with Gasteiger partial charge in [0.1, 0.15) is 0 Å². The third-order valence-corrected chi connectivity index (χ3v) is 3.69. The minimum atomic E-state index is 0.463. The number of hydrogen-bond acceptors (Lipinski definition) is 2. The SMILES string of the molecule is Cc1cccc2scc(C(C)CN)c12. The fourth-order valence-electron chi connectivity index (χ4n) is 1.78. The standard InChI is InChI=1S/C12H15NS/c1-8-4-3-5-11-12(8)10(7-14-11)9(2)6-13/h3-5,7,9H,6,13H2,1-2H3. The lowest BCUT2D eigenvalue weighted by atomic mass is 9.98. The van der Waals surface area contributed by atoms with E-state index in [-0.39, 0.29) is 0 Å². The molecule has 14 heavy (non-hydrogen) atoms. The van der Waals surface area contributed by atoms with Crippen molar-refractivity contribution in [3.05, 3.63) is 34.7 Å². The number of hydrogen-bond donors (Lipinski definition) is 1. The third-order valence-electron chi connectivity index (χ3n) is 2.72. The first kappa shape index (κ1) is 9.69. The molecule has 0 bridgehead atoms. The zero-order chi connectivity index (χ0) is 10.1. The Morgan fingerprint density at radius 3 is 2.93 bits per heavy atom. The van der Waals surface area contributed by atoms with Crippen LogP contribution < -0.4 is 5.73 Å². The molecule has 2 aromatic rings. The molecule has 2 N–H and O–H groups in total. The first-order chi connectivity index (χ1) is 6.74. The van der Waals surface area contributed by atoms with Crippen molar-refractivity contribution in [2.45, 2.75) is 19.8 Å². The lowest BCUT2D eigenvalue weighted by Crippen LogP contribution is -2.08. The molecule has 0 aliphatic heterocycles. The zero-order valence-electron chi connectivity index (χ0n) is 8.58. The Hall–Kier alpha value is -0.860. The molecule has 1 nitrogen and oxygen atoms in total. The number of rotatable bonds is 2. The molecule has 1 unspecified atom stereocenters. The van der Waals surface area contributed by atoms with Gasteiger partial charge < -0.3 is 5.73 Å². The van der Waals surface area contributed by atoms with Crippen molar-refractivity contribution < 1.29 is 0 Å². The van der Waals surface area contributed by atoms with Gasteiger partial charge >= 0.3 is 0 Å². The van der Waals surface area contributed by atoms with Crippen LogP contribution in [0.15, 0.2) is 23.6 Å². The number of thiophene rings is 1. The molecule has 0 aliphatic carbocycles. The normalized spacial score (nSPS) is 13.4. The Kier molecular flexibility index (Phi) is 2.57. The van der Waals surface area contributed by atoms with E-state index in [0.29, 0.717) is 5.92 Å². The van der Waals surface area contributed by atoms with E-state index < -0.39 is 0 Å². The predicted octanol–water partition coefficient (Wildman–Crippen LogP) is 3.27. The van der Waals surface area contributed by atoms with Crippen molar-refractivity contribution in [1.82, 2.24) is 0 Å². The summed E-state index contributed by atoms with van der Waals surface area (Å²) >= 11 is 1.82. The highest BCUT2D eigenvalue weighted by Gasteiger charge is 2.11. The molecule has 1 aromatic heterocycles. The van der Waals surface area contributed by atoms with Crippen LogP contribution in [-0.4, -0.2) is 6.54 Å². The maximum atomic E-state index is 5.71. The summed E-state index contributed by atoms with van der Waals surface area (Å²) in [7, 11) is 0. The second kappa shape index (κ2) is 3.71. The van der Waals surface area contributed by atoms with Gasteiger partial charge in [0.15, 0.2) is 0 Å². The fourth-order valence-corrected chi connectivity index (χ4v) is 2.94. The number of fused-ring (bicyclic) bond motifs is 1. The summed E-state index contributed by atoms with van der Waals surface area (Å²) < 4.78 is 1.38. The molecular formula is C12H15NS. The molecule has 0 radical (unpaired) electrons. The monoisotopic (exact) mass is 205 g/mol. The molecule has 0 spiro atoms. The Labute approximate surface area is 88.6 Å². The molecule has 1 atom stereocenters. The highest BCUT2D eigenvalue weighted by Crippen LogP contribution is 2.32. The zero-order valence-corrected chi connectivity index (χ0v) is 9.40. The van der Waals surface area contributed by atoms with Crippen LogP contribution in [0.1, 0.15) is 24.0 Å². The van der Waals surface area contributed by atoms with E-state index in [1.807, 2.05) is 11.3 Å². The highest BCUT2D eigenvalue weighted by molar-refractivity contribution is 7.17. The van der Waals surface area contributed by atoms with Gasteiger partial charge in [0.25, 0.3) is 0 Å². The second-order valence-corrected chi connectivity index (χ2v) is 4.69. The van der Waals surface area contributed by atoms with E-state index in [1.165, 1.54) is 21.2 Å². The molecule has 2 heteroatoms. The Morgan fingerprint density at radius 2 is 2.21 bits per heavy atom. The molecule has 0 aliphatic rings. The van der Waals surface area contributed by atoms with Crippen molar-refractivity contribution in [2.75, 3.05) is 6.54 Å². The van der Waals surface area contributed by atoms with Gasteiger partial charge in [-0.2, -0.15) is 0 Å². The summed E-state index contributed by atoms with van der Waals surface area (Å²) in [5.41, 5.74) is 8.48. The number of aryl methyl sites for hydroxylation is 1. The second-order valence-electron chi connectivity index (χ2n) is 3.78. The van der Waals surface area contributed by atoms with Gasteiger partial charge in [-0.3, -0.25) is 0 Å². The molecule has 1 heterocycles. The van der Waals surface area contributed by atoms with Crippen LogP contribution in [0.5, 0.6) is 0 Å². The van der Waals surface area contributed by atoms with E-state index in [0.717, 1.165) is 6.54 Å². The van der Waals surface area contributed by atoms with Gasteiger partial charge in [-0.25, -0.2) is 0 Å². The summed E-state index contributed by atoms with van der Waals surface area (Å²) in [5, 5.41) is 3.66. The maximum Gasteiger partial charge on any atom is 0.0348 e. The summed E-state index contributed by atoms with van der Waals surface area (Å²) in [6, 6.07) is 6.46. The van der Waals surface area contributed by atoms with Gasteiger partial charge in [-0.05, 0) is 47.3 Å². The van der Waals surface area contributed by atoms with Crippen molar-refractivity contribution in [2.24, 2.45) is 5.73 Å². The summed E-state index contributed by atoms with van der Waals surface area (Å²) in [6.07, 6.45) is 0. The first-order valence-corrected chi connectivity index (χ1v) is 5.78. The topological polar surface area (TPSA) is 26.0 Å². The average molecular weight is 205 g/mol. The summed E-state index contributed by atoms with van der Waals surface area (Å²) in [4.78, 5) is 0. The van der Waals surface area contributed by atoms with Crippen molar-refractivity contribution in [1.29, 1.82) is 0 Å². The van der Waals surface area contributed by atoms with E-state index >= 15 is 0 Å². The Balaban J connectivity index is 2.67. The van der Waals surface area contributed by atoms with E-state index in [1.54, 1.807) is 0 Å². The van der Waals surface area contributed by atoms with Gasteiger partial charge in [-0.15, -0.1) is 11.3 Å². The third kappa shape index (κ3) is 1.45. The van der Waals surface area contributed by atoms with E-state index in [9.17, 15) is 0 Å². The number of benzene rings is 1. The molecule has 0 saturated carbocycles. The predicted molar refractivity (Wildman–Crippen MR) is 64.0 cm³/mol. The fraction of sp³-hybridized carbons (Fsp3) is 0.333. The Morgan fingerprint density at radius 1 is 1.43 bits per heavy atom. The lowest BCUT2D eigenvalue weighted by Gasteiger charge is -2.08. The molecule has 1 aromatic carbocycles. The Bertz CT molecular complexity index is 445. The minimum absolute atomic E-state index is 0.463. The van der Waals surface area contributed by atoms with Crippen LogP contribution in [-0.2, 0) is 0 Å². The molecule has 74 valence electrons. The van der Waals surface area contributed by atoms with Crippen LogP contribution in [0.25, 0.3) is 10.1 Å². The van der Waals surface area contributed by atoms with Crippen molar-refractivity contribution in [3.63, 3.8) is 0 Å². The van der Waals surface area contributed by atoms with Crippen molar-refractivity contribution in [3.8, 4) is 0 Å². The first-order valence-electron chi connectivity index (χ1n) is 4.91. The average Bonchev–Trinajstić information content (AvgIpc) is 2.62.